The molecule has 0 atom stereocenters. The molecular weight excluding hydrogens is 371 g/mol. The smallest absolute Gasteiger partial charge is 0.416 e. The average Bonchev–Trinajstić information content (AvgIpc) is 2.59. The van der Waals surface area contributed by atoms with Gasteiger partial charge in [0.1, 0.15) is 6.61 Å². The molecule has 0 saturated heterocycles. The Morgan fingerprint density at radius 1 is 1.11 bits per heavy atom. The van der Waals surface area contributed by atoms with E-state index in [1.54, 1.807) is 30.3 Å². The Kier molecular flexibility index (Phi) is 5.78. The molecule has 2 aromatic carbocycles. The maximum atomic E-state index is 13.2. The number of nitro benzene ring substituents is 1. The summed E-state index contributed by atoms with van der Waals surface area (Å²) in [6.45, 7) is -0.167. The molecule has 0 unspecified atom stereocenters. The summed E-state index contributed by atoms with van der Waals surface area (Å²) in [6.07, 6.45) is -6.31. The highest BCUT2D eigenvalue weighted by Crippen LogP contribution is 2.41. The van der Waals surface area contributed by atoms with Gasteiger partial charge in [-0.15, -0.1) is 0 Å². The molecule has 10 heteroatoms. The third kappa shape index (κ3) is 4.81. The molecule has 0 radical (unpaired) electrons. The normalized spacial score (nSPS) is 11.1. The van der Waals surface area contributed by atoms with E-state index in [0.717, 1.165) is 6.07 Å². The van der Waals surface area contributed by atoms with Crippen molar-refractivity contribution in [3.8, 4) is 5.75 Å². The van der Waals surface area contributed by atoms with Gasteiger partial charge < -0.3 is 9.84 Å². The predicted octanol–water partition coefficient (Wildman–Crippen LogP) is 3.39. The Morgan fingerprint density at radius 2 is 1.74 bits per heavy atom. The molecule has 0 bridgehead atoms. The molecule has 0 saturated carbocycles. The number of ether oxygens (including phenoxy) is 1. The van der Waals surface area contributed by atoms with Gasteiger partial charge in [-0.05, 0) is 17.7 Å². The van der Waals surface area contributed by atoms with Crippen molar-refractivity contribution in [1.82, 2.24) is 0 Å². The fourth-order valence-corrected chi connectivity index (χ4v) is 2.35. The van der Waals surface area contributed by atoms with Gasteiger partial charge in [0.25, 0.3) is 0 Å². The predicted molar refractivity (Wildman–Crippen MR) is 85.2 cm³/mol. The number of hydrogen-bond donors (Lipinski definition) is 1. The molecule has 0 aromatic heterocycles. The van der Waals surface area contributed by atoms with Gasteiger partial charge >= 0.3 is 17.8 Å². The number of aliphatic carboxylic acids is 1. The van der Waals surface area contributed by atoms with Crippen LogP contribution < -0.4 is 4.74 Å². The van der Waals surface area contributed by atoms with Crippen LogP contribution in [0.3, 0.4) is 0 Å². The number of carboxylic acids is 1. The van der Waals surface area contributed by atoms with Crippen LogP contribution in [0.1, 0.15) is 16.7 Å². The number of alkyl halides is 3. The van der Waals surface area contributed by atoms with Gasteiger partial charge in [-0.1, -0.05) is 30.3 Å². The average molecular weight is 383 g/mol. The lowest BCUT2D eigenvalue weighted by Gasteiger charge is -2.15. The molecule has 2 aromatic rings. The van der Waals surface area contributed by atoms with Crippen molar-refractivity contribution in [2.75, 3.05) is 0 Å². The van der Waals surface area contributed by atoms with Crippen molar-refractivity contribution in [3.63, 3.8) is 0 Å². The van der Waals surface area contributed by atoms with E-state index in [4.69, 9.17) is 9.84 Å². The maximum Gasteiger partial charge on any atom is 0.416 e. The zero-order chi connectivity index (χ0) is 20.2. The quantitative estimate of drug-likeness (QED) is 0.446. The number of rotatable bonds is 7. The number of nitrogens with zero attached hydrogens (tertiary/aromatic N) is 1. The summed E-state index contributed by atoms with van der Waals surface area (Å²) in [4.78, 5) is 32.4. The zero-order valence-electron chi connectivity index (χ0n) is 13.5. The standard InChI is InChI=1S/C17H12F3NO6/c18-17(19,20)12-6-7-14(27-9-10-4-2-1-3-5-10)15(21(25)26)11(12)8-13(22)16(23)24/h1-7H,8-9H2,(H,23,24). The van der Waals surface area contributed by atoms with Crippen molar-refractivity contribution < 1.29 is 37.5 Å². The van der Waals surface area contributed by atoms with Crippen molar-refractivity contribution in [3.05, 3.63) is 69.3 Å². The molecule has 0 fully saturated rings. The summed E-state index contributed by atoms with van der Waals surface area (Å²) in [5.41, 5.74) is -2.99. The van der Waals surface area contributed by atoms with Gasteiger partial charge in [-0.2, -0.15) is 13.2 Å². The lowest BCUT2D eigenvalue weighted by Crippen LogP contribution is -2.20. The number of ketones is 1. The Morgan fingerprint density at radius 3 is 2.26 bits per heavy atom. The summed E-state index contributed by atoms with van der Waals surface area (Å²) in [6, 6.07) is 9.67. The lowest BCUT2D eigenvalue weighted by molar-refractivity contribution is -0.386. The molecule has 0 aliphatic rings. The largest absolute Gasteiger partial charge is 0.482 e. The van der Waals surface area contributed by atoms with Crippen LogP contribution in [-0.2, 0) is 28.8 Å². The third-order valence-corrected chi connectivity index (χ3v) is 3.55. The summed E-state index contributed by atoms with van der Waals surface area (Å²) in [5.74, 6) is -4.10. The van der Waals surface area contributed by atoms with E-state index in [-0.39, 0.29) is 6.61 Å². The highest BCUT2D eigenvalue weighted by molar-refractivity contribution is 6.33. The highest BCUT2D eigenvalue weighted by atomic mass is 19.4. The fourth-order valence-electron chi connectivity index (χ4n) is 2.35. The summed E-state index contributed by atoms with van der Waals surface area (Å²) in [7, 11) is 0. The van der Waals surface area contributed by atoms with Crippen molar-refractivity contribution >= 4 is 17.4 Å². The first kappa shape index (κ1) is 19.9. The number of Topliss-reactive ketones (excluding diaryl/α,β-unsaturated/α-hetero) is 1. The minimum Gasteiger partial charge on any atom is -0.482 e. The summed E-state index contributed by atoms with van der Waals surface area (Å²) >= 11 is 0. The molecule has 0 aliphatic heterocycles. The Balaban J connectivity index is 2.52. The SMILES string of the molecule is O=C(O)C(=O)Cc1c(C(F)(F)F)ccc(OCc2ccccc2)c1[N+](=O)[O-]. The van der Waals surface area contributed by atoms with Crippen molar-refractivity contribution in [2.45, 2.75) is 19.2 Å². The van der Waals surface area contributed by atoms with Gasteiger partial charge in [0.05, 0.1) is 22.5 Å². The van der Waals surface area contributed by atoms with Crippen LogP contribution in [0.25, 0.3) is 0 Å². The van der Waals surface area contributed by atoms with E-state index in [1.165, 1.54) is 0 Å². The van der Waals surface area contributed by atoms with Gasteiger partial charge in [0.15, 0.2) is 5.75 Å². The van der Waals surface area contributed by atoms with E-state index in [0.29, 0.717) is 11.6 Å². The minimum absolute atomic E-state index is 0.167. The van der Waals surface area contributed by atoms with Gasteiger partial charge in [-0.25, -0.2) is 4.79 Å². The number of carbonyl (C=O) groups excluding carboxylic acids is 1. The molecule has 27 heavy (non-hydrogen) atoms. The molecule has 0 amide bonds. The fraction of sp³-hybridized carbons (Fsp3) is 0.176. The number of halogens is 3. The Hall–Kier alpha value is -3.43. The van der Waals surface area contributed by atoms with Crippen molar-refractivity contribution in [1.29, 1.82) is 0 Å². The van der Waals surface area contributed by atoms with Crippen LogP contribution in [0, 0.1) is 10.1 Å². The second kappa shape index (κ2) is 7.85. The van der Waals surface area contributed by atoms with Crippen LogP contribution in [0.4, 0.5) is 18.9 Å². The first-order valence-corrected chi connectivity index (χ1v) is 7.41. The Bertz CT molecular complexity index is 880. The van der Waals surface area contributed by atoms with E-state index < -0.39 is 51.8 Å². The van der Waals surface area contributed by atoms with E-state index in [1.807, 2.05) is 0 Å². The second-order valence-electron chi connectivity index (χ2n) is 5.37. The van der Waals surface area contributed by atoms with Crippen molar-refractivity contribution in [2.24, 2.45) is 0 Å². The van der Waals surface area contributed by atoms with Crippen LogP contribution >= 0.6 is 0 Å². The Labute approximate surface area is 150 Å². The van der Waals surface area contributed by atoms with Crippen LogP contribution in [0.2, 0.25) is 0 Å². The molecule has 0 heterocycles. The first-order chi connectivity index (χ1) is 12.6. The molecule has 2 rings (SSSR count). The molecular formula is C17H12F3NO6. The summed E-state index contributed by atoms with van der Waals surface area (Å²) < 4.78 is 44.9. The molecule has 0 aliphatic carbocycles. The summed E-state index contributed by atoms with van der Waals surface area (Å²) in [5, 5.41) is 20.0. The number of hydrogen-bond acceptors (Lipinski definition) is 5. The first-order valence-electron chi connectivity index (χ1n) is 7.41. The molecule has 1 N–H and O–H groups in total. The molecule has 142 valence electrons. The third-order valence-electron chi connectivity index (χ3n) is 3.55. The van der Waals surface area contributed by atoms with Crippen LogP contribution in [0.15, 0.2) is 42.5 Å². The molecule has 7 nitrogen and oxygen atoms in total. The van der Waals surface area contributed by atoms with Gasteiger partial charge in [0.2, 0.25) is 5.78 Å². The van der Waals surface area contributed by atoms with Crippen LogP contribution in [-0.4, -0.2) is 21.8 Å². The molecule has 0 spiro atoms. The van der Waals surface area contributed by atoms with Gasteiger partial charge in [0, 0.05) is 0 Å². The monoisotopic (exact) mass is 383 g/mol. The number of nitro groups is 1. The topological polar surface area (TPSA) is 107 Å². The highest BCUT2D eigenvalue weighted by Gasteiger charge is 2.39. The number of carboxylic acid groups (broad SMARTS) is 1. The zero-order valence-corrected chi connectivity index (χ0v) is 13.5. The van der Waals surface area contributed by atoms with E-state index in [9.17, 15) is 32.9 Å². The van der Waals surface area contributed by atoms with E-state index in [2.05, 4.69) is 0 Å². The lowest BCUT2D eigenvalue weighted by atomic mass is 9.99. The van der Waals surface area contributed by atoms with E-state index >= 15 is 0 Å². The van der Waals surface area contributed by atoms with Crippen LogP contribution in [0.5, 0.6) is 5.75 Å². The maximum absolute atomic E-state index is 13.2. The minimum atomic E-state index is -5.02. The van der Waals surface area contributed by atoms with Gasteiger partial charge in [-0.3, -0.25) is 14.9 Å². The number of benzene rings is 2. The second-order valence-corrected chi connectivity index (χ2v) is 5.37. The number of carbonyl (C=O) groups is 2.